The van der Waals surface area contributed by atoms with E-state index in [2.05, 4.69) is 38.5 Å². The van der Waals surface area contributed by atoms with Crippen LogP contribution in [-0.4, -0.2) is 23.9 Å². The first-order chi connectivity index (χ1) is 8.02. The van der Waals surface area contributed by atoms with Gasteiger partial charge in [-0.05, 0) is 31.5 Å². The molecule has 17 heavy (non-hydrogen) atoms. The molecule has 0 aliphatic rings. The van der Waals surface area contributed by atoms with Crippen LogP contribution >= 0.6 is 15.9 Å². The number of nitrogens with zero attached hydrogens (tertiary/aromatic N) is 2. The van der Waals surface area contributed by atoms with E-state index < -0.39 is 0 Å². The first kappa shape index (κ1) is 14.0. The van der Waals surface area contributed by atoms with Gasteiger partial charge in [0.15, 0.2) is 0 Å². The molecule has 4 nitrogen and oxygen atoms in total. The van der Waals surface area contributed by atoms with Crippen LogP contribution in [0.3, 0.4) is 0 Å². The van der Waals surface area contributed by atoms with Crippen LogP contribution < -0.4 is 11.3 Å². The van der Waals surface area contributed by atoms with E-state index >= 15 is 0 Å². The maximum atomic E-state index is 5.47. The lowest BCUT2D eigenvalue weighted by atomic mass is 10.2. The van der Waals surface area contributed by atoms with E-state index in [4.69, 9.17) is 5.84 Å². The summed E-state index contributed by atoms with van der Waals surface area (Å²) in [4.78, 5) is 6.40. The summed E-state index contributed by atoms with van der Waals surface area (Å²) >= 11 is 3.46. The fraction of sp³-hybridized carbons (Fsp3) is 0.417. The standard InChI is InChI=1S/C12H19BrN4/c1-9(2)15-12(16-14)17(3)8-10-5-4-6-11(13)7-10/h4-7,9H,8,14H2,1-3H3,(H,15,16). The fourth-order valence-corrected chi connectivity index (χ4v) is 1.92. The summed E-state index contributed by atoms with van der Waals surface area (Å²) in [5, 5.41) is 0. The normalized spacial score (nSPS) is 11.8. The van der Waals surface area contributed by atoms with E-state index in [1.807, 2.05) is 37.9 Å². The SMILES string of the molecule is CC(C)N=C(NN)N(C)Cc1cccc(Br)c1. The van der Waals surface area contributed by atoms with Gasteiger partial charge in [-0.2, -0.15) is 0 Å². The van der Waals surface area contributed by atoms with Gasteiger partial charge in [0, 0.05) is 24.1 Å². The molecule has 94 valence electrons. The molecule has 0 aliphatic heterocycles. The zero-order valence-electron chi connectivity index (χ0n) is 10.4. The third-order valence-corrected chi connectivity index (χ3v) is 2.67. The van der Waals surface area contributed by atoms with Crippen LogP contribution in [0.25, 0.3) is 0 Å². The Morgan fingerprint density at radius 2 is 2.24 bits per heavy atom. The van der Waals surface area contributed by atoms with Crippen molar-refractivity contribution in [1.82, 2.24) is 10.3 Å². The van der Waals surface area contributed by atoms with Crippen molar-refractivity contribution in [1.29, 1.82) is 0 Å². The number of nitrogens with one attached hydrogen (secondary N) is 1. The van der Waals surface area contributed by atoms with E-state index in [1.54, 1.807) is 0 Å². The summed E-state index contributed by atoms with van der Waals surface area (Å²) in [5.74, 6) is 6.17. The average molecular weight is 299 g/mol. The second-order valence-corrected chi connectivity index (χ2v) is 5.09. The van der Waals surface area contributed by atoms with Crippen molar-refractivity contribution in [3.05, 3.63) is 34.3 Å². The van der Waals surface area contributed by atoms with Gasteiger partial charge in [0.1, 0.15) is 0 Å². The van der Waals surface area contributed by atoms with Crippen molar-refractivity contribution >= 4 is 21.9 Å². The molecule has 0 amide bonds. The highest BCUT2D eigenvalue weighted by atomic mass is 79.9. The highest BCUT2D eigenvalue weighted by Gasteiger charge is 2.06. The quantitative estimate of drug-likeness (QED) is 0.389. The smallest absolute Gasteiger partial charge is 0.208 e. The predicted molar refractivity (Wildman–Crippen MR) is 75.5 cm³/mol. The third kappa shape index (κ3) is 4.75. The highest BCUT2D eigenvalue weighted by Crippen LogP contribution is 2.13. The van der Waals surface area contributed by atoms with E-state index in [9.17, 15) is 0 Å². The number of hydrogen-bond acceptors (Lipinski definition) is 2. The molecule has 0 spiro atoms. The molecule has 0 fully saturated rings. The van der Waals surface area contributed by atoms with Gasteiger partial charge in [-0.3, -0.25) is 5.43 Å². The zero-order valence-corrected chi connectivity index (χ0v) is 12.0. The summed E-state index contributed by atoms with van der Waals surface area (Å²) in [6, 6.07) is 8.40. The summed E-state index contributed by atoms with van der Waals surface area (Å²) in [6.07, 6.45) is 0. The van der Waals surface area contributed by atoms with Gasteiger partial charge < -0.3 is 4.90 Å². The van der Waals surface area contributed by atoms with Gasteiger partial charge in [0.25, 0.3) is 0 Å². The van der Waals surface area contributed by atoms with Crippen LogP contribution in [0.4, 0.5) is 0 Å². The Morgan fingerprint density at radius 1 is 1.53 bits per heavy atom. The molecule has 0 unspecified atom stereocenters. The average Bonchev–Trinajstić information content (AvgIpc) is 2.25. The number of halogens is 1. The minimum atomic E-state index is 0.214. The molecule has 3 N–H and O–H groups in total. The van der Waals surface area contributed by atoms with Crippen molar-refractivity contribution in [2.45, 2.75) is 26.4 Å². The Morgan fingerprint density at radius 3 is 2.76 bits per heavy atom. The predicted octanol–water partition coefficient (Wildman–Crippen LogP) is 2.11. The molecule has 5 heteroatoms. The monoisotopic (exact) mass is 298 g/mol. The molecule has 1 aromatic rings. The lowest BCUT2D eigenvalue weighted by Gasteiger charge is -2.21. The van der Waals surface area contributed by atoms with Crippen molar-refractivity contribution in [2.24, 2.45) is 10.8 Å². The molecule has 0 aromatic heterocycles. The van der Waals surface area contributed by atoms with Gasteiger partial charge in [-0.1, -0.05) is 28.1 Å². The first-order valence-corrected chi connectivity index (χ1v) is 6.32. The second kappa shape index (κ2) is 6.61. The molecule has 0 atom stereocenters. The Hall–Kier alpha value is -1.07. The maximum absolute atomic E-state index is 5.47. The Balaban J connectivity index is 2.74. The van der Waals surface area contributed by atoms with E-state index in [-0.39, 0.29) is 6.04 Å². The van der Waals surface area contributed by atoms with Gasteiger partial charge in [-0.15, -0.1) is 0 Å². The molecule has 1 aromatic carbocycles. The van der Waals surface area contributed by atoms with E-state index in [1.165, 1.54) is 5.56 Å². The van der Waals surface area contributed by atoms with Crippen LogP contribution in [0.15, 0.2) is 33.7 Å². The molecular weight excluding hydrogens is 280 g/mol. The number of rotatable bonds is 3. The highest BCUT2D eigenvalue weighted by molar-refractivity contribution is 9.10. The van der Waals surface area contributed by atoms with Crippen molar-refractivity contribution in [3.8, 4) is 0 Å². The molecule has 0 bridgehead atoms. The zero-order chi connectivity index (χ0) is 12.8. The van der Waals surface area contributed by atoms with Crippen LogP contribution in [0, 0.1) is 0 Å². The summed E-state index contributed by atoms with van der Waals surface area (Å²) in [5.41, 5.74) is 3.83. The van der Waals surface area contributed by atoms with Crippen molar-refractivity contribution in [3.63, 3.8) is 0 Å². The van der Waals surface area contributed by atoms with Gasteiger partial charge in [0.2, 0.25) is 5.96 Å². The number of hydrogen-bond donors (Lipinski definition) is 2. The van der Waals surface area contributed by atoms with Crippen molar-refractivity contribution in [2.75, 3.05) is 7.05 Å². The molecule has 0 saturated carbocycles. The lowest BCUT2D eigenvalue weighted by molar-refractivity contribution is 0.474. The molecule has 0 radical (unpaired) electrons. The van der Waals surface area contributed by atoms with Crippen LogP contribution in [0.2, 0.25) is 0 Å². The topological polar surface area (TPSA) is 53.6 Å². The lowest BCUT2D eigenvalue weighted by Crippen LogP contribution is -2.42. The molecular formula is C12H19BrN4. The van der Waals surface area contributed by atoms with Crippen LogP contribution in [0.1, 0.15) is 19.4 Å². The van der Waals surface area contributed by atoms with E-state index in [0.717, 1.165) is 11.0 Å². The number of nitrogens with two attached hydrogens (primary N) is 1. The maximum Gasteiger partial charge on any atom is 0.208 e. The van der Waals surface area contributed by atoms with E-state index in [0.29, 0.717) is 5.96 Å². The summed E-state index contributed by atoms with van der Waals surface area (Å²) in [6.45, 7) is 4.80. The minimum Gasteiger partial charge on any atom is -0.341 e. The molecule has 0 saturated heterocycles. The number of hydrazine groups is 1. The summed E-state index contributed by atoms with van der Waals surface area (Å²) < 4.78 is 1.08. The largest absolute Gasteiger partial charge is 0.341 e. The summed E-state index contributed by atoms with van der Waals surface area (Å²) in [7, 11) is 1.96. The third-order valence-electron chi connectivity index (χ3n) is 2.18. The van der Waals surface area contributed by atoms with Gasteiger partial charge in [-0.25, -0.2) is 10.8 Å². The van der Waals surface area contributed by atoms with Crippen LogP contribution in [-0.2, 0) is 6.54 Å². The van der Waals surface area contributed by atoms with Crippen molar-refractivity contribution < 1.29 is 0 Å². The van der Waals surface area contributed by atoms with Gasteiger partial charge in [0.05, 0.1) is 0 Å². The number of guanidine groups is 1. The Bertz CT molecular complexity index is 390. The van der Waals surface area contributed by atoms with Gasteiger partial charge >= 0.3 is 0 Å². The van der Waals surface area contributed by atoms with Crippen LogP contribution in [0.5, 0.6) is 0 Å². The minimum absolute atomic E-state index is 0.214. The second-order valence-electron chi connectivity index (χ2n) is 4.18. The Labute approximate surface area is 111 Å². The fourth-order valence-electron chi connectivity index (χ4n) is 1.47. The first-order valence-electron chi connectivity index (χ1n) is 5.53. The molecule has 0 heterocycles. The molecule has 0 aliphatic carbocycles. The number of aliphatic imine (C=N–C) groups is 1. The number of benzene rings is 1. The Kier molecular flexibility index (Phi) is 5.44. The molecule has 1 rings (SSSR count).